The first-order chi connectivity index (χ1) is 12.5. The second kappa shape index (κ2) is 6.26. The fraction of sp³-hybridized carbons (Fsp3) is 0. The smallest absolute Gasteiger partial charge is 0.258 e. The average Bonchev–Trinajstić information content (AvgIpc) is 3.18. The number of nitrogens with one attached hydrogen (secondary N) is 1. The third-order valence-corrected chi connectivity index (χ3v) is 4.44. The van der Waals surface area contributed by atoms with E-state index in [0.717, 1.165) is 23.8 Å². The molecule has 0 bridgehead atoms. The molecule has 1 N–H and O–H groups in total. The second-order valence-electron chi connectivity index (χ2n) is 5.34. The molecular formula is C17H9F3N4OS. The molecule has 26 heavy (non-hydrogen) atoms. The minimum Gasteiger partial charge on any atom is -0.289 e. The number of rotatable bonds is 3. The average molecular weight is 374 g/mol. The molecule has 0 saturated carbocycles. The zero-order chi connectivity index (χ0) is 18.3. The summed E-state index contributed by atoms with van der Waals surface area (Å²) in [4.78, 5) is 16.8. The Bertz CT molecular complexity index is 1120. The SMILES string of the molecule is O=C(Nc1nc2scc(-c3ccc(F)cc3)n2n1)c1ccc(F)c(F)c1. The van der Waals surface area contributed by atoms with Gasteiger partial charge in [-0.1, -0.05) is 0 Å². The summed E-state index contributed by atoms with van der Waals surface area (Å²) in [5.74, 6) is -3.14. The Morgan fingerprint density at radius 3 is 2.54 bits per heavy atom. The highest BCUT2D eigenvalue weighted by atomic mass is 32.1. The van der Waals surface area contributed by atoms with E-state index in [9.17, 15) is 18.0 Å². The van der Waals surface area contributed by atoms with E-state index in [1.807, 2.05) is 5.38 Å². The molecular weight excluding hydrogens is 365 g/mol. The van der Waals surface area contributed by atoms with Gasteiger partial charge in [0.05, 0.1) is 5.69 Å². The van der Waals surface area contributed by atoms with Crippen LogP contribution >= 0.6 is 11.3 Å². The van der Waals surface area contributed by atoms with Gasteiger partial charge in [0, 0.05) is 16.5 Å². The number of fused-ring (bicyclic) bond motifs is 1. The molecule has 0 aliphatic carbocycles. The number of benzene rings is 2. The van der Waals surface area contributed by atoms with Gasteiger partial charge < -0.3 is 0 Å². The van der Waals surface area contributed by atoms with Crippen LogP contribution in [0.25, 0.3) is 16.2 Å². The first-order valence-electron chi connectivity index (χ1n) is 7.38. The number of carbonyl (C=O) groups excluding carboxylic acids is 1. The van der Waals surface area contributed by atoms with Gasteiger partial charge in [-0.2, -0.15) is 4.98 Å². The van der Waals surface area contributed by atoms with E-state index in [1.54, 1.807) is 12.1 Å². The van der Waals surface area contributed by atoms with Crippen LogP contribution in [0.4, 0.5) is 19.1 Å². The second-order valence-corrected chi connectivity index (χ2v) is 6.18. The van der Waals surface area contributed by atoms with Gasteiger partial charge in [0.1, 0.15) is 5.82 Å². The van der Waals surface area contributed by atoms with Crippen LogP contribution in [0.3, 0.4) is 0 Å². The molecule has 130 valence electrons. The number of halogens is 3. The Kier molecular flexibility index (Phi) is 3.92. The molecule has 4 aromatic rings. The molecule has 0 spiro atoms. The first kappa shape index (κ1) is 16.3. The predicted molar refractivity (Wildman–Crippen MR) is 90.6 cm³/mol. The summed E-state index contributed by atoms with van der Waals surface area (Å²) >= 11 is 1.30. The van der Waals surface area contributed by atoms with Crippen LogP contribution in [0.1, 0.15) is 10.4 Å². The predicted octanol–water partition coefficient (Wildman–Crippen LogP) is 4.13. The molecule has 0 aliphatic heterocycles. The zero-order valence-electron chi connectivity index (χ0n) is 12.9. The molecule has 2 heterocycles. The van der Waals surface area contributed by atoms with E-state index in [0.29, 0.717) is 10.7 Å². The van der Waals surface area contributed by atoms with Crippen molar-refractivity contribution >= 4 is 28.2 Å². The highest BCUT2D eigenvalue weighted by Crippen LogP contribution is 2.26. The number of hydrogen-bond acceptors (Lipinski definition) is 4. The monoisotopic (exact) mass is 374 g/mol. The summed E-state index contributed by atoms with van der Waals surface area (Å²) in [5.41, 5.74) is 1.37. The quantitative estimate of drug-likeness (QED) is 0.587. The Morgan fingerprint density at radius 2 is 1.81 bits per heavy atom. The van der Waals surface area contributed by atoms with Crippen molar-refractivity contribution in [2.24, 2.45) is 0 Å². The van der Waals surface area contributed by atoms with Crippen molar-refractivity contribution in [2.75, 3.05) is 5.32 Å². The minimum atomic E-state index is -1.12. The summed E-state index contributed by atoms with van der Waals surface area (Å²) < 4.78 is 40.8. The van der Waals surface area contributed by atoms with E-state index < -0.39 is 17.5 Å². The van der Waals surface area contributed by atoms with Crippen molar-refractivity contribution in [3.05, 3.63) is 70.9 Å². The van der Waals surface area contributed by atoms with Gasteiger partial charge in [-0.3, -0.25) is 10.1 Å². The van der Waals surface area contributed by atoms with Crippen LogP contribution in [0.5, 0.6) is 0 Å². The van der Waals surface area contributed by atoms with Gasteiger partial charge >= 0.3 is 0 Å². The fourth-order valence-corrected chi connectivity index (χ4v) is 3.20. The maximum Gasteiger partial charge on any atom is 0.258 e. The number of thiazole rings is 1. The van der Waals surface area contributed by atoms with E-state index in [1.165, 1.54) is 28.0 Å². The van der Waals surface area contributed by atoms with E-state index in [-0.39, 0.29) is 17.3 Å². The molecule has 1 amide bonds. The normalized spacial score (nSPS) is 11.0. The Labute approximate surface area is 148 Å². The van der Waals surface area contributed by atoms with Gasteiger partial charge in [0.2, 0.25) is 4.96 Å². The Hall–Kier alpha value is -3.20. The van der Waals surface area contributed by atoms with Gasteiger partial charge in [-0.25, -0.2) is 17.7 Å². The molecule has 0 unspecified atom stereocenters. The maximum absolute atomic E-state index is 13.2. The number of hydrogen-bond donors (Lipinski definition) is 1. The summed E-state index contributed by atoms with van der Waals surface area (Å²) in [6.07, 6.45) is 0. The lowest BCUT2D eigenvalue weighted by atomic mass is 10.2. The topological polar surface area (TPSA) is 59.3 Å². The van der Waals surface area contributed by atoms with Crippen molar-refractivity contribution in [3.63, 3.8) is 0 Å². The lowest BCUT2D eigenvalue weighted by Gasteiger charge is -2.02. The van der Waals surface area contributed by atoms with Crippen molar-refractivity contribution in [1.82, 2.24) is 14.6 Å². The van der Waals surface area contributed by atoms with E-state index >= 15 is 0 Å². The molecule has 0 saturated heterocycles. The number of nitrogens with zero attached hydrogens (tertiary/aromatic N) is 3. The van der Waals surface area contributed by atoms with E-state index in [2.05, 4.69) is 15.4 Å². The maximum atomic E-state index is 13.2. The zero-order valence-corrected chi connectivity index (χ0v) is 13.7. The van der Waals surface area contributed by atoms with Crippen molar-refractivity contribution in [2.45, 2.75) is 0 Å². The largest absolute Gasteiger partial charge is 0.289 e. The lowest BCUT2D eigenvalue weighted by molar-refractivity contribution is 0.102. The molecule has 2 aromatic carbocycles. The van der Waals surface area contributed by atoms with Gasteiger partial charge in [0.15, 0.2) is 11.6 Å². The van der Waals surface area contributed by atoms with Crippen molar-refractivity contribution in [3.8, 4) is 11.3 Å². The lowest BCUT2D eigenvalue weighted by Crippen LogP contribution is -2.13. The molecule has 0 atom stereocenters. The van der Waals surface area contributed by atoms with Crippen LogP contribution < -0.4 is 5.32 Å². The first-order valence-corrected chi connectivity index (χ1v) is 8.26. The Morgan fingerprint density at radius 1 is 1.04 bits per heavy atom. The summed E-state index contributed by atoms with van der Waals surface area (Å²) in [7, 11) is 0. The standard InChI is InChI=1S/C17H9F3N4OS/c18-11-4-1-9(2-5-11)14-8-26-17-22-16(23-24(14)17)21-15(25)10-3-6-12(19)13(20)7-10/h1-8H,(H,21,23,25). The highest BCUT2D eigenvalue weighted by molar-refractivity contribution is 7.15. The summed E-state index contributed by atoms with van der Waals surface area (Å²) in [6, 6.07) is 8.72. The summed E-state index contributed by atoms with van der Waals surface area (Å²) in [5, 5.41) is 8.45. The minimum absolute atomic E-state index is 0.0231. The Balaban J connectivity index is 1.62. The number of amides is 1. The molecule has 0 aliphatic rings. The van der Waals surface area contributed by atoms with Crippen molar-refractivity contribution in [1.29, 1.82) is 0 Å². The van der Waals surface area contributed by atoms with Crippen molar-refractivity contribution < 1.29 is 18.0 Å². The van der Waals surface area contributed by atoms with E-state index in [4.69, 9.17) is 0 Å². The molecule has 4 rings (SSSR count). The molecule has 0 fully saturated rings. The van der Waals surface area contributed by atoms with Gasteiger partial charge in [-0.05, 0) is 42.5 Å². The van der Waals surface area contributed by atoms with Crippen LogP contribution in [-0.2, 0) is 0 Å². The molecule has 0 radical (unpaired) electrons. The number of carbonyl (C=O) groups is 1. The van der Waals surface area contributed by atoms with Crippen LogP contribution in [0, 0.1) is 17.5 Å². The molecule has 5 nitrogen and oxygen atoms in total. The number of aromatic nitrogens is 3. The van der Waals surface area contributed by atoms with Crippen LogP contribution in [0.15, 0.2) is 47.8 Å². The van der Waals surface area contributed by atoms with Crippen LogP contribution in [0.2, 0.25) is 0 Å². The third kappa shape index (κ3) is 2.93. The van der Waals surface area contributed by atoms with Gasteiger partial charge in [0.25, 0.3) is 11.9 Å². The van der Waals surface area contributed by atoms with Gasteiger partial charge in [-0.15, -0.1) is 16.4 Å². The molecule has 2 aromatic heterocycles. The molecule has 9 heteroatoms. The highest BCUT2D eigenvalue weighted by Gasteiger charge is 2.15. The fourth-order valence-electron chi connectivity index (χ4n) is 2.36. The third-order valence-electron chi connectivity index (χ3n) is 3.63. The van der Waals surface area contributed by atoms with Crippen LogP contribution in [-0.4, -0.2) is 20.5 Å². The number of anilines is 1. The summed E-state index contributed by atoms with van der Waals surface area (Å²) in [6.45, 7) is 0.